The van der Waals surface area contributed by atoms with Gasteiger partial charge in [-0.05, 0) is 43.4 Å². The van der Waals surface area contributed by atoms with Gasteiger partial charge >= 0.3 is 5.97 Å². The molecule has 2 nitrogen and oxygen atoms in total. The highest BCUT2D eigenvalue weighted by molar-refractivity contribution is 9.10. The van der Waals surface area contributed by atoms with Crippen LogP contribution in [0.5, 0.6) is 5.75 Å². The van der Waals surface area contributed by atoms with Crippen molar-refractivity contribution in [1.29, 1.82) is 0 Å². The van der Waals surface area contributed by atoms with Crippen molar-refractivity contribution in [3.63, 3.8) is 0 Å². The lowest BCUT2D eigenvalue weighted by atomic mass is 9.76. The Morgan fingerprint density at radius 1 is 1.50 bits per heavy atom. The van der Waals surface area contributed by atoms with Crippen molar-refractivity contribution in [3.8, 4) is 5.75 Å². The highest BCUT2D eigenvalue weighted by atomic mass is 79.9. The molecule has 2 atom stereocenters. The van der Waals surface area contributed by atoms with Gasteiger partial charge in [-0.2, -0.15) is 0 Å². The molecule has 0 radical (unpaired) electrons. The fraction of sp³-hybridized carbons (Fsp3) is 0.471. The van der Waals surface area contributed by atoms with E-state index in [0.717, 1.165) is 28.4 Å². The molecule has 0 amide bonds. The third-order valence-corrected chi connectivity index (χ3v) is 5.34. The second kappa shape index (κ2) is 5.36. The van der Waals surface area contributed by atoms with Crippen LogP contribution in [0.4, 0.5) is 0 Å². The summed E-state index contributed by atoms with van der Waals surface area (Å²) in [5, 5.41) is 0. The number of esters is 1. The first kappa shape index (κ1) is 15.3. The molecule has 0 saturated heterocycles. The Kier molecular flexibility index (Phi) is 4.10. The van der Waals surface area contributed by atoms with E-state index < -0.39 is 0 Å². The summed E-state index contributed by atoms with van der Waals surface area (Å²) in [7, 11) is 0. The second-order valence-corrected chi connectivity index (χ2v) is 6.84. The van der Waals surface area contributed by atoms with E-state index >= 15 is 0 Å². The summed E-state index contributed by atoms with van der Waals surface area (Å²) in [4.78, 5) is 11.4. The zero-order valence-electron chi connectivity index (χ0n) is 12.5. The zero-order chi connectivity index (χ0) is 15.1. The summed E-state index contributed by atoms with van der Waals surface area (Å²) in [6.07, 6.45) is 2.16. The molecule has 1 fully saturated rings. The van der Waals surface area contributed by atoms with E-state index in [1.165, 1.54) is 12.5 Å². The van der Waals surface area contributed by atoms with Crippen molar-refractivity contribution >= 4 is 21.9 Å². The zero-order valence-corrected chi connectivity index (χ0v) is 14.1. The number of carbonyl (C=O) groups is 1. The van der Waals surface area contributed by atoms with Crippen LogP contribution in [0, 0.1) is 12.8 Å². The Hall–Kier alpha value is -1.09. The quantitative estimate of drug-likeness (QED) is 0.435. The van der Waals surface area contributed by atoms with Gasteiger partial charge in [0, 0.05) is 22.4 Å². The predicted molar refractivity (Wildman–Crippen MR) is 85.1 cm³/mol. The molecule has 1 aromatic carbocycles. The standard InChI is InChI=1S/C17H21BrO2/c1-10-6-7-17(5,12(10)3)14-9-15(18)11(2)8-16(14)20-13(4)19/h8-10H,3,6-7H2,1-2,4-5H3. The van der Waals surface area contributed by atoms with Gasteiger partial charge in [0.05, 0.1) is 0 Å². The van der Waals surface area contributed by atoms with E-state index in [1.807, 2.05) is 13.0 Å². The first-order chi connectivity index (χ1) is 9.25. The molecule has 0 heterocycles. The Balaban J connectivity index is 2.57. The van der Waals surface area contributed by atoms with E-state index in [-0.39, 0.29) is 11.4 Å². The number of allylic oxidation sites excluding steroid dienone is 1. The van der Waals surface area contributed by atoms with E-state index in [1.54, 1.807) is 0 Å². The maximum absolute atomic E-state index is 11.4. The molecule has 0 N–H and O–H groups in total. The molecule has 1 saturated carbocycles. The number of hydrogen-bond donors (Lipinski definition) is 0. The maximum Gasteiger partial charge on any atom is 0.308 e. The van der Waals surface area contributed by atoms with Gasteiger partial charge in [0.25, 0.3) is 0 Å². The van der Waals surface area contributed by atoms with Crippen LogP contribution >= 0.6 is 15.9 Å². The minimum absolute atomic E-state index is 0.125. The molecule has 2 rings (SSSR count). The average molecular weight is 337 g/mol. The van der Waals surface area contributed by atoms with Crippen molar-refractivity contribution in [1.82, 2.24) is 0 Å². The Bertz CT molecular complexity index is 577. The number of benzene rings is 1. The minimum atomic E-state index is -0.284. The summed E-state index contributed by atoms with van der Waals surface area (Å²) in [5.74, 6) is 0.884. The Morgan fingerprint density at radius 3 is 2.65 bits per heavy atom. The number of halogens is 1. The maximum atomic E-state index is 11.4. The first-order valence-corrected chi connectivity index (χ1v) is 7.73. The smallest absolute Gasteiger partial charge is 0.308 e. The van der Waals surface area contributed by atoms with Crippen LogP contribution in [0.2, 0.25) is 0 Å². The number of aryl methyl sites for hydroxylation is 1. The number of rotatable bonds is 2. The van der Waals surface area contributed by atoms with Crippen LogP contribution in [0.15, 0.2) is 28.8 Å². The number of carbonyl (C=O) groups excluding carboxylic acids is 1. The van der Waals surface area contributed by atoms with Gasteiger partial charge in [-0.15, -0.1) is 0 Å². The SMILES string of the molecule is C=C1C(C)CCC1(C)c1cc(Br)c(C)cc1OC(C)=O. The molecule has 0 spiro atoms. The summed E-state index contributed by atoms with van der Waals surface area (Å²) in [6.45, 7) is 12.1. The van der Waals surface area contributed by atoms with Crippen LogP contribution in [0.1, 0.15) is 44.7 Å². The van der Waals surface area contributed by atoms with E-state index in [9.17, 15) is 4.79 Å². The highest BCUT2D eigenvalue weighted by Crippen LogP contribution is 2.50. The van der Waals surface area contributed by atoms with Gasteiger partial charge in [-0.3, -0.25) is 4.79 Å². The molecule has 20 heavy (non-hydrogen) atoms. The van der Waals surface area contributed by atoms with Crippen LogP contribution < -0.4 is 4.74 Å². The van der Waals surface area contributed by atoms with Gasteiger partial charge in [-0.25, -0.2) is 0 Å². The predicted octanol–water partition coefficient (Wildman–Crippen LogP) is 4.93. The summed E-state index contributed by atoms with van der Waals surface area (Å²) >= 11 is 3.58. The number of ether oxygens (including phenoxy) is 1. The Labute approximate surface area is 129 Å². The third kappa shape index (κ3) is 2.56. The van der Waals surface area contributed by atoms with Gasteiger partial charge in [-0.1, -0.05) is 41.9 Å². The molecule has 108 valence electrons. The molecule has 0 aliphatic heterocycles. The fourth-order valence-electron chi connectivity index (χ4n) is 3.02. The fourth-order valence-corrected chi connectivity index (χ4v) is 3.36. The largest absolute Gasteiger partial charge is 0.426 e. The summed E-state index contributed by atoms with van der Waals surface area (Å²) in [6, 6.07) is 4.01. The third-order valence-electron chi connectivity index (χ3n) is 4.49. The topological polar surface area (TPSA) is 26.3 Å². The highest BCUT2D eigenvalue weighted by Gasteiger charge is 2.40. The first-order valence-electron chi connectivity index (χ1n) is 6.94. The summed E-state index contributed by atoms with van der Waals surface area (Å²) < 4.78 is 6.48. The lowest BCUT2D eigenvalue weighted by Crippen LogP contribution is -2.22. The normalized spacial score (nSPS) is 25.9. The van der Waals surface area contributed by atoms with Crippen LogP contribution in [0.25, 0.3) is 0 Å². The van der Waals surface area contributed by atoms with Gasteiger partial charge < -0.3 is 4.74 Å². The van der Waals surface area contributed by atoms with Gasteiger partial charge in [0.2, 0.25) is 0 Å². The van der Waals surface area contributed by atoms with E-state index in [2.05, 4.69) is 42.4 Å². The summed E-state index contributed by atoms with van der Waals surface area (Å²) in [5.41, 5.74) is 3.21. The molecule has 1 aliphatic rings. The van der Waals surface area contributed by atoms with Crippen LogP contribution in [0.3, 0.4) is 0 Å². The minimum Gasteiger partial charge on any atom is -0.426 e. The molecule has 2 unspecified atom stereocenters. The van der Waals surface area contributed by atoms with Crippen LogP contribution in [-0.4, -0.2) is 5.97 Å². The van der Waals surface area contributed by atoms with Crippen molar-refractivity contribution < 1.29 is 9.53 Å². The van der Waals surface area contributed by atoms with Crippen molar-refractivity contribution in [2.45, 2.75) is 46.0 Å². The van der Waals surface area contributed by atoms with Crippen molar-refractivity contribution in [3.05, 3.63) is 39.9 Å². The van der Waals surface area contributed by atoms with Crippen molar-refractivity contribution in [2.75, 3.05) is 0 Å². The van der Waals surface area contributed by atoms with E-state index in [0.29, 0.717) is 11.7 Å². The average Bonchev–Trinajstić information content (AvgIpc) is 2.62. The van der Waals surface area contributed by atoms with Crippen LogP contribution in [-0.2, 0) is 10.2 Å². The molecule has 1 aliphatic carbocycles. The molecular weight excluding hydrogens is 316 g/mol. The molecule has 0 bridgehead atoms. The monoisotopic (exact) mass is 336 g/mol. The van der Waals surface area contributed by atoms with Gasteiger partial charge in [0.15, 0.2) is 0 Å². The molecular formula is C17H21BrO2. The number of hydrogen-bond acceptors (Lipinski definition) is 2. The molecule has 1 aromatic rings. The Morgan fingerprint density at radius 2 is 2.15 bits per heavy atom. The van der Waals surface area contributed by atoms with Gasteiger partial charge in [0.1, 0.15) is 5.75 Å². The molecule has 3 heteroatoms. The lowest BCUT2D eigenvalue weighted by Gasteiger charge is -2.29. The van der Waals surface area contributed by atoms with E-state index in [4.69, 9.17) is 4.74 Å². The second-order valence-electron chi connectivity index (χ2n) is 5.99. The van der Waals surface area contributed by atoms with Crippen molar-refractivity contribution in [2.24, 2.45) is 5.92 Å². The lowest BCUT2D eigenvalue weighted by molar-refractivity contribution is -0.131. The molecule has 0 aromatic heterocycles.